The van der Waals surface area contributed by atoms with Crippen molar-refractivity contribution in [3.05, 3.63) is 42.0 Å². The van der Waals surface area contributed by atoms with Crippen LogP contribution < -0.4 is 5.32 Å². The van der Waals surface area contributed by atoms with Crippen molar-refractivity contribution in [1.29, 1.82) is 0 Å². The molecule has 0 saturated carbocycles. The zero-order valence-electron chi connectivity index (χ0n) is 11.3. The van der Waals surface area contributed by atoms with Gasteiger partial charge in [-0.25, -0.2) is 0 Å². The molecule has 2 rings (SSSR count). The van der Waals surface area contributed by atoms with Gasteiger partial charge in [-0.15, -0.1) is 0 Å². The van der Waals surface area contributed by atoms with Crippen LogP contribution in [0.3, 0.4) is 0 Å². The molecule has 2 N–H and O–H groups in total. The summed E-state index contributed by atoms with van der Waals surface area (Å²) in [5.74, 6) is -0.191. The molecule has 0 aromatic heterocycles. The van der Waals surface area contributed by atoms with Crippen molar-refractivity contribution in [2.45, 2.75) is 32.7 Å². The molecule has 3 heteroatoms. The predicted molar refractivity (Wildman–Crippen MR) is 77.4 cm³/mol. The van der Waals surface area contributed by atoms with Crippen LogP contribution in [-0.2, 0) is 0 Å². The minimum absolute atomic E-state index is 0.0277. The topological polar surface area (TPSA) is 49.3 Å². The highest BCUT2D eigenvalue weighted by molar-refractivity contribution is 6.01. The Morgan fingerprint density at radius 1 is 1.26 bits per heavy atom. The van der Waals surface area contributed by atoms with E-state index in [9.17, 15) is 9.90 Å². The van der Waals surface area contributed by atoms with Crippen molar-refractivity contribution in [1.82, 2.24) is 5.32 Å². The number of phenols is 1. The van der Waals surface area contributed by atoms with Crippen LogP contribution in [0, 0.1) is 0 Å². The number of carbonyl (C=O) groups is 1. The Labute approximate surface area is 113 Å². The number of amides is 1. The normalized spacial score (nSPS) is 12.3. The number of fused-ring (bicyclic) bond motifs is 1. The fourth-order valence-corrected chi connectivity index (χ4v) is 2.22. The Balaban J connectivity index is 2.29. The van der Waals surface area contributed by atoms with Gasteiger partial charge in [-0.1, -0.05) is 37.6 Å². The average molecular weight is 257 g/mol. The fourth-order valence-electron chi connectivity index (χ4n) is 2.22. The van der Waals surface area contributed by atoms with Crippen molar-refractivity contribution in [2.24, 2.45) is 0 Å². The van der Waals surface area contributed by atoms with Crippen molar-refractivity contribution >= 4 is 16.7 Å². The van der Waals surface area contributed by atoms with E-state index in [1.54, 1.807) is 12.1 Å². The van der Waals surface area contributed by atoms with Gasteiger partial charge in [0.1, 0.15) is 5.75 Å². The monoisotopic (exact) mass is 257 g/mol. The van der Waals surface area contributed by atoms with Gasteiger partial charge in [-0.2, -0.15) is 0 Å². The van der Waals surface area contributed by atoms with E-state index in [2.05, 4.69) is 12.2 Å². The average Bonchev–Trinajstić information content (AvgIpc) is 2.38. The van der Waals surface area contributed by atoms with E-state index in [-0.39, 0.29) is 17.7 Å². The highest BCUT2D eigenvalue weighted by Gasteiger charge is 2.14. The summed E-state index contributed by atoms with van der Waals surface area (Å²) in [5.41, 5.74) is 0.335. The predicted octanol–water partition coefficient (Wildman–Crippen LogP) is 3.46. The first-order valence-corrected chi connectivity index (χ1v) is 6.64. The van der Waals surface area contributed by atoms with Gasteiger partial charge >= 0.3 is 0 Å². The standard InChI is InChI=1S/C16H19NO2/c1-3-6-11(2)17-16(19)14-9-12-7-4-5-8-13(12)10-15(14)18/h4-5,7-11,18H,3,6H2,1-2H3,(H,17,19)/t11-/m0/s1. The maximum atomic E-state index is 12.1. The van der Waals surface area contributed by atoms with Gasteiger partial charge in [0.15, 0.2) is 0 Å². The molecule has 0 heterocycles. The molecule has 0 aliphatic heterocycles. The molecule has 0 radical (unpaired) electrons. The summed E-state index contributed by atoms with van der Waals surface area (Å²) >= 11 is 0. The Morgan fingerprint density at radius 3 is 2.53 bits per heavy atom. The van der Waals surface area contributed by atoms with Gasteiger partial charge in [0, 0.05) is 6.04 Å². The van der Waals surface area contributed by atoms with Gasteiger partial charge in [0.2, 0.25) is 0 Å². The van der Waals surface area contributed by atoms with Crippen LogP contribution in [0.5, 0.6) is 5.75 Å². The van der Waals surface area contributed by atoms with Crippen molar-refractivity contribution < 1.29 is 9.90 Å². The van der Waals surface area contributed by atoms with Gasteiger partial charge in [0.25, 0.3) is 5.91 Å². The lowest BCUT2D eigenvalue weighted by Gasteiger charge is -2.14. The molecule has 1 atom stereocenters. The first-order valence-electron chi connectivity index (χ1n) is 6.64. The van der Waals surface area contributed by atoms with Crippen molar-refractivity contribution in [3.63, 3.8) is 0 Å². The molecule has 2 aromatic rings. The van der Waals surface area contributed by atoms with Crippen molar-refractivity contribution in [2.75, 3.05) is 0 Å². The SMILES string of the molecule is CCC[C@H](C)NC(=O)c1cc2ccccc2cc1O. The second kappa shape index (κ2) is 5.74. The Hall–Kier alpha value is -2.03. The number of aromatic hydroxyl groups is 1. The number of benzene rings is 2. The molecule has 0 aliphatic rings. The summed E-state index contributed by atoms with van der Waals surface area (Å²) in [5, 5.41) is 14.7. The van der Waals surface area contributed by atoms with E-state index >= 15 is 0 Å². The molecule has 0 fully saturated rings. The second-order valence-corrected chi connectivity index (χ2v) is 4.88. The van der Waals surface area contributed by atoms with Crippen LogP contribution in [0.4, 0.5) is 0 Å². The molecular weight excluding hydrogens is 238 g/mol. The first kappa shape index (κ1) is 13.4. The summed E-state index contributed by atoms with van der Waals surface area (Å²) in [4.78, 5) is 12.1. The number of hydrogen-bond donors (Lipinski definition) is 2. The molecule has 19 heavy (non-hydrogen) atoms. The molecule has 0 unspecified atom stereocenters. The molecule has 1 amide bonds. The Morgan fingerprint density at radius 2 is 1.89 bits per heavy atom. The van der Waals surface area contributed by atoms with Crippen LogP contribution >= 0.6 is 0 Å². The van der Waals surface area contributed by atoms with E-state index in [1.807, 2.05) is 31.2 Å². The van der Waals surface area contributed by atoms with E-state index in [0.29, 0.717) is 5.56 Å². The molecule has 0 spiro atoms. The third-order valence-electron chi connectivity index (χ3n) is 3.21. The largest absolute Gasteiger partial charge is 0.507 e. The lowest BCUT2D eigenvalue weighted by molar-refractivity contribution is 0.0936. The lowest BCUT2D eigenvalue weighted by Crippen LogP contribution is -2.32. The molecule has 0 bridgehead atoms. The second-order valence-electron chi connectivity index (χ2n) is 4.88. The quantitative estimate of drug-likeness (QED) is 0.881. The van der Waals surface area contributed by atoms with Gasteiger partial charge in [-0.3, -0.25) is 4.79 Å². The summed E-state index contributed by atoms with van der Waals surface area (Å²) in [7, 11) is 0. The van der Waals surface area contributed by atoms with Crippen LogP contribution in [-0.4, -0.2) is 17.1 Å². The Bertz CT molecular complexity index is 592. The minimum Gasteiger partial charge on any atom is -0.507 e. The number of nitrogens with one attached hydrogen (secondary N) is 1. The van der Waals surface area contributed by atoms with E-state index < -0.39 is 0 Å². The smallest absolute Gasteiger partial charge is 0.255 e. The summed E-state index contributed by atoms with van der Waals surface area (Å²) in [6.07, 6.45) is 1.95. The zero-order chi connectivity index (χ0) is 13.8. The molecular formula is C16H19NO2. The molecule has 100 valence electrons. The van der Waals surface area contributed by atoms with Crippen LogP contribution in [0.15, 0.2) is 36.4 Å². The molecule has 2 aromatic carbocycles. The molecule has 3 nitrogen and oxygen atoms in total. The highest BCUT2D eigenvalue weighted by atomic mass is 16.3. The zero-order valence-corrected chi connectivity index (χ0v) is 11.3. The van der Waals surface area contributed by atoms with Gasteiger partial charge < -0.3 is 10.4 Å². The molecule has 0 aliphatic carbocycles. The van der Waals surface area contributed by atoms with E-state index in [0.717, 1.165) is 23.6 Å². The Kier molecular flexibility index (Phi) is 4.05. The number of phenolic OH excluding ortho intramolecular Hbond substituents is 1. The summed E-state index contributed by atoms with van der Waals surface area (Å²) in [6, 6.07) is 11.2. The minimum atomic E-state index is -0.218. The fraction of sp³-hybridized carbons (Fsp3) is 0.312. The lowest BCUT2D eigenvalue weighted by atomic mass is 10.0. The maximum Gasteiger partial charge on any atom is 0.255 e. The van der Waals surface area contributed by atoms with E-state index in [4.69, 9.17) is 0 Å². The summed E-state index contributed by atoms with van der Waals surface area (Å²) < 4.78 is 0. The number of hydrogen-bond acceptors (Lipinski definition) is 2. The summed E-state index contributed by atoms with van der Waals surface area (Å²) in [6.45, 7) is 4.05. The van der Waals surface area contributed by atoms with Crippen molar-refractivity contribution in [3.8, 4) is 5.75 Å². The maximum absolute atomic E-state index is 12.1. The third kappa shape index (κ3) is 3.05. The van der Waals surface area contributed by atoms with Gasteiger partial charge in [0.05, 0.1) is 5.56 Å². The van der Waals surface area contributed by atoms with Crippen LogP contribution in [0.1, 0.15) is 37.0 Å². The number of carbonyl (C=O) groups excluding carboxylic acids is 1. The van der Waals surface area contributed by atoms with E-state index in [1.165, 1.54) is 0 Å². The van der Waals surface area contributed by atoms with Crippen LogP contribution in [0.25, 0.3) is 10.8 Å². The third-order valence-corrected chi connectivity index (χ3v) is 3.21. The van der Waals surface area contributed by atoms with Crippen LogP contribution in [0.2, 0.25) is 0 Å². The van der Waals surface area contributed by atoms with Gasteiger partial charge in [-0.05, 0) is 36.2 Å². The number of rotatable bonds is 4. The highest BCUT2D eigenvalue weighted by Crippen LogP contribution is 2.25. The molecule has 0 saturated heterocycles. The first-order chi connectivity index (χ1) is 9.11.